The number of aldehydes is 1. The van der Waals surface area contributed by atoms with Crippen LogP contribution in [0.5, 0.6) is 0 Å². The van der Waals surface area contributed by atoms with Crippen molar-refractivity contribution in [3.63, 3.8) is 0 Å². The summed E-state index contributed by atoms with van der Waals surface area (Å²) in [6.45, 7) is 1.95. The van der Waals surface area contributed by atoms with Gasteiger partial charge in [-0.2, -0.15) is 0 Å². The first-order chi connectivity index (χ1) is 5.83. The predicted molar refractivity (Wildman–Crippen MR) is 47.3 cm³/mol. The van der Waals surface area contributed by atoms with E-state index in [-0.39, 0.29) is 0 Å². The number of carbonyl (C=O) groups is 1. The maximum atomic E-state index is 10.6. The number of aromatic nitrogens is 1. The van der Waals surface area contributed by atoms with E-state index in [1.807, 2.05) is 13.1 Å². The van der Waals surface area contributed by atoms with E-state index in [1.54, 1.807) is 6.20 Å². The molecule has 1 aromatic heterocycles. The Kier molecular flexibility index (Phi) is 1.96. The van der Waals surface area contributed by atoms with Gasteiger partial charge in [-0.15, -0.1) is 0 Å². The van der Waals surface area contributed by atoms with Crippen molar-refractivity contribution in [1.29, 1.82) is 0 Å². The zero-order valence-electron chi connectivity index (χ0n) is 6.53. The Morgan fingerprint density at radius 1 is 1.58 bits per heavy atom. The molecule has 0 aromatic carbocycles. The number of pyridine rings is 1. The number of carbonyl (C=O) groups excluding carboxylic acids is 1. The van der Waals surface area contributed by atoms with E-state index in [9.17, 15) is 4.79 Å². The summed E-state index contributed by atoms with van der Waals surface area (Å²) in [5, 5.41) is 0. The number of fused-ring (bicyclic) bond motifs is 1. The molecular formula is C8H6N2OSn. The van der Waals surface area contributed by atoms with Gasteiger partial charge >= 0.3 is 80.4 Å². The molecule has 4 heteroatoms. The Hall–Kier alpha value is -0.711. The first kappa shape index (κ1) is 7.91. The molecule has 0 atom stereocenters. The molecule has 0 saturated heterocycles. The van der Waals surface area contributed by atoms with Gasteiger partial charge in [0.2, 0.25) is 0 Å². The van der Waals surface area contributed by atoms with Gasteiger partial charge in [-0.3, -0.25) is 0 Å². The minimum atomic E-state index is -0.838. The van der Waals surface area contributed by atoms with E-state index in [1.165, 1.54) is 3.58 Å². The van der Waals surface area contributed by atoms with Crippen LogP contribution in [0.2, 0.25) is 0 Å². The molecule has 2 rings (SSSR count). The summed E-state index contributed by atoms with van der Waals surface area (Å²) in [5.74, 6) is 0. The van der Waals surface area contributed by atoms with Gasteiger partial charge in [-0.05, 0) is 0 Å². The molecule has 1 aromatic rings. The van der Waals surface area contributed by atoms with Crippen LogP contribution in [0.1, 0.15) is 21.6 Å². The standard InChI is InChI=1S/C8H6N2O.Sn/c1-6-8(3-9)2-7(5-11)4-10-6;/h3-5H,1H3;/q-1;+1. The summed E-state index contributed by atoms with van der Waals surface area (Å²) in [7, 11) is 0. The molecule has 1 aliphatic heterocycles. The molecule has 0 spiro atoms. The van der Waals surface area contributed by atoms with Crippen molar-refractivity contribution in [2.45, 2.75) is 6.92 Å². The molecule has 3 nitrogen and oxygen atoms in total. The zero-order valence-corrected chi connectivity index (χ0v) is 9.39. The van der Waals surface area contributed by atoms with Crippen LogP contribution in [-0.2, 0) is 0 Å². The molecule has 1 aliphatic rings. The number of rotatable bonds is 1. The van der Waals surface area contributed by atoms with Gasteiger partial charge in [0, 0.05) is 0 Å². The van der Waals surface area contributed by atoms with Crippen molar-refractivity contribution in [1.82, 2.24) is 4.98 Å². The molecule has 0 fully saturated rings. The minimum absolute atomic E-state index is 0.736. The van der Waals surface area contributed by atoms with Crippen LogP contribution in [0, 0.1) is 6.92 Å². The van der Waals surface area contributed by atoms with Crippen molar-refractivity contribution >= 4 is 37.5 Å². The topological polar surface area (TPSA) is 42.3 Å². The van der Waals surface area contributed by atoms with E-state index in [0.717, 1.165) is 23.1 Å². The summed E-state index contributed by atoms with van der Waals surface area (Å²) in [6.07, 6.45) is 4.38. The fraction of sp³-hybridized carbons (Fsp3) is 0.125. The second-order valence-corrected chi connectivity index (χ2v) is 5.38. The fourth-order valence-corrected chi connectivity index (χ4v) is 3.86. The average Bonchev–Trinajstić information content (AvgIpc) is 2.54. The van der Waals surface area contributed by atoms with E-state index < -0.39 is 21.4 Å². The monoisotopic (exact) mass is 266 g/mol. The number of nitrogens with zero attached hydrogens (tertiary/aromatic N) is 2. The Morgan fingerprint density at radius 2 is 2.42 bits per heavy atom. The SMILES string of the molecule is Cc1ncc(C=O)[c]2c1C=[N][Sn]2. The molecule has 12 heavy (non-hydrogen) atoms. The molecule has 58 valence electrons. The fourth-order valence-electron chi connectivity index (χ4n) is 1.17. The molecule has 0 N–H and O–H groups in total. The van der Waals surface area contributed by atoms with Crippen molar-refractivity contribution in [2.75, 3.05) is 0 Å². The second kappa shape index (κ2) is 2.97. The zero-order chi connectivity index (χ0) is 8.55. The molecule has 0 amide bonds. The Labute approximate surface area is 80.5 Å². The van der Waals surface area contributed by atoms with Crippen LogP contribution < -0.4 is 3.58 Å². The van der Waals surface area contributed by atoms with Crippen LogP contribution in [0.15, 0.2) is 9.41 Å². The normalized spacial score (nSPS) is 13.1. The van der Waals surface area contributed by atoms with E-state index in [0.29, 0.717) is 0 Å². The second-order valence-electron chi connectivity index (χ2n) is 2.58. The number of aryl methyl sites for hydroxylation is 1. The van der Waals surface area contributed by atoms with Gasteiger partial charge in [0.05, 0.1) is 0 Å². The van der Waals surface area contributed by atoms with Gasteiger partial charge in [-0.25, -0.2) is 0 Å². The summed E-state index contributed by atoms with van der Waals surface area (Å²) >= 11 is -0.838. The summed E-state index contributed by atoms with van der Waals surface area (Å²) < 4.78 is 5.45. The van der Waals surface area contributed by atoms with Gasteiger partial charge in [0.25, 0.3) is 0 Å². The molecule has 0 unspecified atom stereocenters. The molecule has 0 saturated carbocycles. The molecule has 2 radical (unpaired) electrons. The first-order valence-electron chi connectivity index (χ1n) is 3.57. The Bertz CT molecular complexity index is 374. The van der Waals surface area contributed by atoms with Crippen molar-refractivity contribution in [3.05, 3.63) is 23.0 Å². The van der Waals surface area contributed by atoms with E-state index >= 15 is 0 Å². The summed E-state index contributed by atoms with van der Waals surface area (Å²) in [5.41, 5.74) is 2.81. The van der Waals surface area contributed by atoms with E-state index in [2.05, 4.69) is 8.20 Å². The first-order valence-corrected chi connectivity index (χ1v) is 6.27. The van der Waals surface area contributed by atoms with Crippen LogP contribution in [-0.4, -0.2) is 38.9 Å². The van der Waals surface area contributed by atoms with Crippen molar-refractivity contribution in [2.24, 2.45) is 3.21 Å². The molecule has 2 heterocycles. The molecular weight excluding hydrogens is 259 g/mol. The number of hydrogen-bond donors (Lipinski definition) is 0. The maximum absolute atomic E-state index is 10.6. The van der Waals surface area contributed by atoms with E-state index in [4.69, 9.17) is 0 Å². The summed E-state index contributed by atoms with van der Waals surface area (Å²) in [6, 6.07) is 0. The van der Waals surface area contributed by atoms with Crippen LogP contribution in [0.25, 0.3) is 0 Å². The quantitative estimate of drug-likeness (QED) is 0.524. The third kappa shape index (κ3) is 1.08. The molecule has 0 bridgehead atoms. The van der Waals surface area contributed by atoms with Crippen LogP contribution in [0.4, 0.5) is 0 Å². The molecule has 0 aliphatic carbocycles. The third-order valence-electron chi connectivity index (χ3n) is 1.84. The van der Waals surface area contributed by atoms with Gasteiger partial charge < -0.3 is 0 Å². The third-order valence-corrected chi connectivity index (χ3v) is 4.81. The summed E-state index contributed by atoms with van der Waals surface area (Å²) in [4.78, 5) is 14.7. The predicted octanol–water partition coefficient (Wildman–Crippen LogP) is -0.120. The van der Waals surface area contributed by atoms with Crippen molar-refractivity contribution in [3.8, 4) is 0 Å². The van der Waals surface area contributed by atoms with Crippen LogP contribution >= 0.6 is 0 Å². The van der Waals surface area contributed by atoms with Gasteiger partial charge in [0.1, 0.15) is 0 Å². The average molecular weight is 265 g/mol. The Morgan fingerprint density at radius 3 is 3.17 bits per heavy atom. The van der Waals surface area contributed by atoms with Gasteiger partial charge in [-0.1, -0.05) is 0 Å². The van der Waals surface area contributed by atoms with Gasteiger partial charge in [0.15, 0.2) is 0 Å². The van der Waals surface area contributed by atoms with Crippen LogP contribution in [0.3, 0.4) is 0 Å². The number of hydrogen-bond acceptors (Lipinski definition) is 3. The Balaban J connectivity index is 2.69. The van der Waals surface area contributed by atoms with Crippen molar-refractivity contribution < 1.29 is 4.79 Å².